The first-order chi connectivity index (χ1) is 58.4. The number of rotatable bonds is 11. The molecule has 19 aromatic carbocycles. The highest BCUT2D eigenvalue weighted by Gasteiger charge is 2.25. The largest absolute Gasteiger partial charge is 0.309 e. The van der Waals surface area contributed by atoms with Gasteiger partial charge in [0.2, 0.25) is 0 Å². The van der Waals surface area contributed by atoms with Crippen LogP contribution in [0.15, 0.2) is 388 Å². The smallest absolute Gasteiger partial charge is 0.0541 e. The summed E-state index contributed by atoms with van der Waals surface area (Å²) in [5.74, 6) is 0. The lowest BCUT2D eigenvalue weighted by atomic mass is 9.84. The average Bonchev–Trinajstić information content (AvgIpc) is 1.07. The number of hydrogen-bond acceptors (Lipinski definition) is 0. The Kier molecular flexibility index (Phi) is 18.7. The van der Waals surface area contributed by atoms with Crippen molar-refractivity contribution in [2.75, 3.05) is 0 Å². The summed E-state index contributed by atoms with van der Waals surface area (Å²) in [5.41, 5.74) is 37.4. The molecule has 0 saturated heterocycles. The molecule has 576 valence electrons. The Morgan fingerprint density at radius 2 is 0.367 bits per heavy atom. The molecule has 2 heterocycles. The lowest BCUT2D eigenvalue weighted by Gasteiger charge is -2.19. The van der Waals surface area contributed by atoms with E-state index in [1.54, 1.807) is 0 Å². The second kappa shape index (κ2) is 30.1. The lowest BCUT2D eigenvalue weighted by Crippen LogP contribution is -2.10. The predicted octanol–water partition coefficient (Wildman–Crippen LogP) is 33.0. The number of hydrogen-bond donors (Lipinski definition) is 0. The van der Waals surface area contributed by atoms with Crippen LogP contribution in [0.5, 0.6) is 0 Å². The fourth-order valence-electron chi connectivity index (χ4n) is 18.6. The van der Waals surface area contributed by atoms with Crippen LogP contribution >= 0.6 is 0 Å². The molecule has 0 spiro atoms. The van der Waals surface area contributed by atoms with E-state index in [4.69, 9.17) is 0 Å². The first-order valence-corrected chi connectivity index (χ1v) is 42.2. The number of benzene rings is 19. The molecular weight excluding hydrogens is 1450 g/mol. The normalized spacial score (nSPS) is 11.9. The minimum Gasteiger partial charge on any atom is -0.309 e. The quantitative estimate of drug-likeness (QED) is 0.114. The third-order valence-electron chi connectivity index (χ3n) is 24.9. The zero-order valence-corrected chi connectivity index (χ0v) is 69.8. The van der Waals surface area contributed by atoms with Crippen LogP contribution in [-0.4, -0.2) is 9.13 Å². The van der Waals surface area contributed by atoms with Gasteiger partial charge in [0.05, 0.1) is 22.1 Å². The van der Waals surface area contributed by atoms with Gasteiger partial charge in [-0.3, -0.25) is 0 Å². The molecule has 2 nitrogen and oxygen atoms in total. The van der Waals surface area contributed by atoms with Gasteiger partial charge in [-0.2, -0.15) is 0 Å². The van der Waals surface area contributed by atoms with Gasteiger partial charge in [-0.25, -0.2) is 0 Å². The van der Waals surface area contributed by atoms with E-state index in [1.165, 1.54) is 232 Å². The summed E-state index contributed by atoms with van der Waals surface area (Å²) in [5, 5.41) is 15.3. The Morgan fingerprint density at radius 3 is 0.625 bits per heavy atom. The van der Waals surface area contributed by atoms with E-state index in [1.807, 2.05) is 0 Å². The number of para-hydroxylation sites is 2. The van der Waals surface area contributed by atoms with E-state index in [0.717, 1.165) is 0 Å². The molecule has 0 amide bonds. The molecule has 21 rings (SSSR count). The molecule has 0 atom stereocenters. The van der Waals surface area contributed by atoms with Gasteiger partial charge in [-0.05, 0) is 266 Å². The summed E-state index contributed by atoms with van der Waals surface area (Å²) in [7, 11) is 0. The van der Waals surface area contributed by atoms with Crippen LogP contribution in [0.4, 0.5) is 0 Å². The molecule has 0 saturated carbocycles. The number of aromatic nitrogens is 2. The maximum atomic E-state index is 2.41. The summed E-state index contributed by atoms with van der Waals surface area (Å²) < 4.78 is 4.82. The van der Waals surface area contributed by atoms with Crippen LogP contribution < -0.4 is 0 Å². The monoisotopic (exact) mass is 1540 g/mol. The van der Waals surface area contributed by atoms with E-state index in [-0.39, 0.29) is 10.8 Å². The van der Waals surface area contributed by atoms with Crippen LogP contribution in [0.25, 0.3) is 198 Å². The first kappa shape index (κ1) is 74.6. The molecule has 21 aromatic rings. The summed E-state index contributed by atoms with van der Waals surface area (Å²) in [6, 6.07) is 144. The third-order valence-corrected chi connectivity index (χ3v) is 24.9. The summed E-state index contributed by atoms with van der Waals surface area (Å²) in [6.07, 6.45) is 0. The van der Waals surface area contributed by atoms with Crippen LogP contribution in [0.1, 0.15) is 74.9 Å². The van der Waals surface area contributed by atoms with E-state index in [0.29, 0.717) is 0 Å². The Balaban J connectivity index is 0.000000154. The van der Waals surface area contributed by atoms with Gasteiger partial charge in [0.1, 0.15) is 0 Å². The maximum Gasteiger partial charge on any atom is 0.0541 e. The SMILES string of the molecule is Cc1ccc2c(-c3ccc(-c4ccc5c(c4)c4cc(C(C)(C)C)ccc4n5-c4ccccc4)cc3)c3cc(C)ccc3c(-c3ccc(-c4ccc(-c5ccccc5)cc4)cc3)c2c1.Cc1ccc2c(-c3ccc(-c4ccc5c(c4)c4cc(C(C)(C)C)ccc4n5-c4ccccc4)cc3)c3cc(C)ccc3c(-c3ccc(-c4ccccc4)cc3)c2c1. The molecule has 2 aromatic heterocycles. The van der Waals surface area contributed by atoms with Crippen molar-refractivity contribution in [3.8, 4) is 112 Å². The van der Waals surface area contributed by atoms with Crippen molar-refractivity contribution in [1.29, 1.82) is 0 Å². The van der Waals surface area contributed by atoms with Crippen molar-refractivity contribution < 1.29 is 0 Å². The predicted molar refractivity (Wildman–Crippen MR) is 517 cm³/mol. The van der Waals surface area contributed by atoms with E-state index in [9.17, 15) is 0 Å². The van der Waals surface area contributed by atoms with E-state index >= 15 is 0 Å². The van der Waals surface area contributed by atoms with Crippen LogP contribution in [-0.2, 0) is 10.8 Å². The maximum absolute atomic E-state index is 2.41. The highest BCUT2D eigenvalue weighted by molar-refractivity contribution is 6.24. The lowest BCUT2D eigenvalue weighted by molar-refractivity contribution is 0.591. The first-order valence-electron chi connectivity index (χ1n) is 42.2. The molecular formula is C118H94N2. The second-order valence-corrected chi connectivity index (χ2v) is 35.1. The molecule has 0 unspecified atom stereocenters. The Hall–Kier alpha value is -14.2. The molecule has 0 aliphatic heterocycles. The standard InChI is InChI=1S/C62H49N.C56H45N/c1-40-17-33-53-56(36-40)60(47-26-22-45(23-27-47)44-20-18-43(19-21-44)42-12-8-6-9-13-42)52-32-16-41(2)37-57(52)61(53)48-28-24-46(25-29-48)49-30-34-58-54(38-49)55-39-50(62(3,4)5)31-35-59(55)63(58)51-14-10-7-11-15-51;1-36-17-29-47-50(32-36)54(41-22-18-39(19-23-41)38-12-8-6-9-13-38)46-28-16-37(2)33-51(46)55(47)42-24-20-40(21-25-42)43-26-30-52-48(34-43)49-35-44(56(3,4)5)27-31-53(49)57(52)45-14-10-7-11-15-45/h6-39H,1-5H3;6-35H,1-5H3. The summed E-state index contributed by atoms with van der Waals surface area (Å²) in [4.78, 5) is 0. The third kappa shape index (κ3) is 13.6. The van der Waals surface area contributed by atoms with Gasteiger partial charge in [0, 0.05) is 32.9 Å². The minimum atomic E-state index is 0.0494. The van der Waals surface area contributed by atoms with Crippen LogP contribution in [0, 0.1) is 27.7 Å². The van der Waals surface area contributed by atoms with Gasteiger partial charge < -0.3 is 9.13 Å². The fraction of sp³-hybridized carbons (Fsp3) is 0.102. The zero-order chi connectivity index (χ0) is 81.7. The van der Waals surface area contributed by atoms with E-state index in [2.05, 4.69) is 467 Å². The van der Waals surface area contributed by atoms with Crippen molar-refractivity contribution in [3.63, 3.8) is 0 Å². The molecule has 0 aliphatic carbocycles. The average molecular weight is 1540 g/mol. The van der Waals surface area contributed by atoms with Crippen molar-refractivity contribution in [2.24, 2.45) is 0 Å². The van der Waals surface area contributed by atoms with Crippen LogP contribution in [0.3, 0.4) is 0 Å². The summed E-state index contributed by atoms with van der Waals surface area (Å²) >= 11 is 0. The molecule has 0 N–H and O–H groups in total. The molecule has 2 heteroatoms. The fourth-order valence-corrected chi connectivity index (χ4v) is 18.6. The highest BCUT2D eigenvalue weighted by atomic mass is 15.0. The Morgan fingerprint density at radius 1 is 0.158 bits per heavy atom. The Bertz CT molecular complexity index is 7520. The minimum absolute atomic E-state index is 0.0494. The zero-order valence-electron chi connectivity index (χ0n) is 69.8. The van der Waals surface area contributed by atoms with Gasteiger partial charge >= 0.3 is 0 Å². The molecule has 0 aliphatic rings. The second-order valence-electron chi connectivity index (χ2n) is 35.1. The molecule has 0 fully saturated rings. The van der Waals surface area contributed by atoms with Crippen LogP contribution in [0.2, 0.25) is 0 Å². The van der Waals surface area contributed by atoms with E-state index < -0.39 is 0 Å². The molecule has 0 bridgehead atoms. The Labute approximate surface area is 704 Å². The van der Waals surface area contributed by atoms with Gasteiger partial charge in [0.25, 0.3) is 0 Å². The van der Waals surface area contributed by atoms with Crippen molar-refractivity contribution >= 4 is 86.7 Å². The highest BCUT2D eigenvalue weighted by Crippen LogP contribution is 2.49. The van der Waals surface area contributed by atoms with Crippen molar-refractivity contribution in [3.05, 3.63) is 422 Å². The molecule has 0 radical (unpaired) electrons. The number of fused-ring (bicyclic) bond motifs is 10. The van der Waals surface area contributed by atoms with Gasteiger partial charge in [-0.1, -0.05) is 379 Å². The van der Waals surface area contributed by atoms with Crippen molar-refractivity contribution in [2.45, 2.75) is 80.1 Å². The van der Waals surface area contributed by atoms with Crippen molar-refractivity contribution in [1.82, 2.24) is 9.13 Å². The number of aryl methyl sites for hydroxylation is 4. The molecule has 120 heavy (non-hydrogen) atoms. The van der Waals surface area contributed by atoms with Gasteiger partial charge in [0.15, 0.2) is 0 Å². The van der Waals surface area contributed by atoms with Gasteiger partial charge in [-0.15, -0.1) is 0 Å². The number of nitrogens with zero attached hydrogens (tertiary/aromatic N) is 2. The topological polar surface area (TPSA) is 9.86 Å². The summed E-state index contributed by atoms with van der Waals surface area (Å²) in [6.45, 7) is 22.6.